The molecule has 0 bridgehead atoms. The molecule has 0 unspecified atom stereocenters. The van der Waals surface area contributed by atoms with Crippen molar-refractivity contribution in [1.29, 1.82) is 0 Å². The molecule has 2 N–H and O–H groups in total. The molecule has 306 valence electrons. The van der Waals surface area contributed by atoms with Gasteiger partial charge >= 0.3 is 19.8 Å². The Labute approximate surface area is 322 Å². The van der Waals surface area contributed by atoms with Crippen LogP contribution >= 0.6 is 7.82 Å². The van der Waals surface area contributed by atoms with Crippen molar-refractivity contribution in [2.45, 2.75) is 187 Å². The summed E-state index contributed by atoms with van der Waals surface area (Å²) in [5.41, 5.74) is 0. The van der Waals surface area contributed by atoms with Crippen LogP contribution < -0.4 is 0 Å². The number of ether oxygens (including phenoxy) is 2. The lowest BCUT2D eigenvalue weighted by atomic mass is 10.0. The van der Waals surface area contributed by atoms with Gasteiger partial charge in [0.1, 0.15) is 6.61 Å². The molecule has 0 heterocycles. The minimum Gasteiger partial charge on any atom is -0.462 e. The van der Waals surface area contributed by atoms with Crippen molar-refractivity contribution >= 4 is 25.5 Å². The van der Waals surface area contributed by atoms with Crippen LogP contribution in [0.5, 0.6) is 0 Å². The zero-order chi connectivity index (χ0) is 39.3. The number of rotatable bonds is 37. The van der Waals surface area contributed by atoms with Crippen LogP contribution in [0.3, 0.4) is 0 Å². The van der Waals surface area contributed by atoms with Crippen LogP contribution in [-0.4, -0.2) is 46.8 Å². The van der Waals surface area contributed by atoms with E-state index in [1.165, 1.54) is 96.0 Å². The normalized spacial score (nSPS) is 12.9. The molecule has 9 nitrogen and oxygen atoms in total. The molecule has 0 aliphatic rings. The summed E-state index contributed by atoms with van der Waals surface area (Å²) >= 11 is 0. The number of hydrogen-bond donors (Lipinski definition) is 2. The fourth-order valence-corrected chi connectivity index (χ4v) is 5.99. The maximum absolute atomic E-state index is 12.4. The Morgan fingerprint density at radius 2 is 1.15 bits per heavy atom. The van der Waals surface area contributed by atoms with Crippen molar-refractivity contribution in [2.24, 2.45) is 5.92 Å². The highest BCUT2D eigenvalue weighted by Gasteiger charge is 2.23. The lowest BCUT2D eigenvalue weighted by Crippen LogP contribution is -2.29. The monoisotopic (exact) mass is 767 g/mol. The molecule has 0 spiro atoms. The Morgan fingerprint density at radius 1 is 0.604 bits per heavy atom. The van der Waals surface area contributed by atoms with E-state index in [1.54, 1.807) is 6.08 Å². The molecule has 0 aromatic rings. The lowest BCUT2D eigenvalue weighted by Gasteiger charge is -2.18. The predicted molar refractivity (Wildman–Crippen MR) is 216 cm³/mol. The second kappa shape index (κ2) is 36.6. The van der Waals surface area contributed by atoms with E-state index < -0.39 is 39.1 Å². The van der Waals surface area contributed by atoms with E-state index in [1.807, 2.05) is 12.2 Å². The molecule has 0 aromatic heterocycles. The first-order chi connectivity index (χ1) is 25.5. The first kappa shape index (κ1) is 50.7. The third kappa shape index (κ3) is 40.7. The topological polar surface area (TPSA) is 136 Å². The Balaban J connectivity index is 4.11. The Bertz CT molecular complexity index is 1070. The number of ketones is 1. The third-order valence-electron chi connectivity index (χ3n) is 8.75. The number of unbranched alkanes of at least 4 members (excludes halogenated alkanes) is 16. The number of phosphoric ester groups is 1. The molecule has 0 rings (SSSR count). The first-order valence-corrected chi connectivity index (χ1v) is 22.3. The van der Waals surface area contributed by atoms with Gasteiger partial charge in [0.05, 0.1) is 6.61 Å². The van der Waals surface area contributed by atoms with Gasteiger partial charge in [-0.1, -0.05) is 166 Å². The van der Waals surface area contributed by atoms with E-state index in [2.05, 4.69) is 49.6 Å². The van der Waals surface area contributed by atoms with Gasteiger partial charge in [0.25, 0.3) is 0 Å². The first-order valence-electron chi connectivity index (χ1n) is 20.7. The molecule has 0 aromatic carbocycles. The lowest BCUT2D eigenvalue weighted by molar-refractivity contribution is -0.161. The van der Waals surface area contributed by atoms with Gasteiger partial charge in [0.15, 0.2) is 11.9 Å². The highest BCUT2D eigenvalue weighted by atomic mass is 31.2. The highest BCUT2D eigenvalue weighted by molar-refractivity contribution is 7.46. The van der Waals surface area contributed by atoms with Crippen LogP contribution in [0, 0.1) is 5.92 Å². The number of carbonyl (C=O) groups excluding carboxylic acids is 3. The van der Waals surface area contributed by atoms with Gasteiger partial charge in [0, 0.05) is 19.3 Å². The van der Waals surface area contributed by atoms with Crippen LogP contribution in [0.25, 0.3) is 0 Å². The summed E-state index contributed by atoms with van der Waals surface area (Å²) in [5.74, 6) is -0.432. The zero-order valence-corrected chi connectivity index (χ0v) is 34.5. The molecular formula is C43H75O9P. The Kier molecular flexibility index (Phi) is 35.0. The summed E-state index contributed by atoms with van der Waals surface area (Å²) in [7, 11) is -4.81. The number of allylic oxidation sites excluding steroid dienone is 8. The maximum atomic E-state index is 12.4. The van der Waals surface area contributed by atoms with Crippen LogP contribution in [0.1, 0.15) is 181 Å². The molecule has 0 saturated carbocycles. The van der Waals surface area contributed by atoms with E-state index in [0.29, 0.717) is 6.42 Å². The van der Waals surface area contributed by atoms with Crippen LogP contribution in [-0.2, 0) is 32.9 Å². The minimum atomic E-state index is -4.81. The largest absolute Gasteiger partial charge is 0.469 e. The van der Waals surface area contributed by atoms with Gasteiger partial charge in [-0.25, -0.2) is 4.57 Å². The Morgan fingerprint density at radius 3 is 1.74 bits per heavy atom. The van der Waals surface area contributed by atoms with Crippen LogP contribution in [0.4, 0.5) is 0 Å². The fourth-order valence-electron chi connectivity index (χ4n) is 5.63. The molecule has 10 heteroatoms. The molecule has 0 amide bonds. The molecule has 0 fully saturated rings. The number of hydrogen-bond acceptors (Lipinski definition) is 7. The van der Waals surface area contributed by atoms with Gasteiger partial charge in [-0.2, -0.15) is 0 Å². The molecule has 0 aliphatic heterocycles. The van der Waals surface area contributed by atoms with Crippen molar-refractivity contribution in [3.8, 4) is 0 Å². The van der Waals surface area contributed by atoms with E-state index in [0.717, 1.165) is 44.4 Å². The fraction of sp³-hybridized carbons (Fsp3) is 0.744. The summed E-state index contributed by atoms with van der Waals surface area (Å²) in [6.45, 7) is 5.78. The minimum absolute atomic E-state index is 0.0219. The predicted octanol–water partition coefficient (Wildman–Crippen LogP) is 11.8. The standard InChI is InChI=1S/C43H75O9P/c1-4-5-6-7-8-9-10-13-17-20-23-26-29-33-40(44)34-31-36-42(45)50-37-41(38-51-53(47,48)49)52-43(46)35-30-27-24-21-18-15-12-11-14-16-19-22-25-28-32-39(2)3/h8-9,13,17,23,26,29,33,39,41H,4-7,10-12,14-16,18-22,24-25,27-28,30-32,34-38H2,1-3H3,(H2,47,48,49)/b9-8-,17-13-,26-23-,33-29+/t41-/m1/s1. The average Bonchev–Trinajstić information content (AvgIpc) is 3.10. The maximum Gasteiger partial charge on any atom is 0.469 e. The van der Waals surface area contributed by atoms with Crippen LogP contribution in [0.15, 0.2) is 48.6 Å². The Hall–Kier alpha value is -2.32. The summed E-state index contributed by atoms with van der Waals surface area (Å²) in [6.07, 6.45) is 39.8. The second-order valence-electron chi connectivity index (χ2n) is 14.5. The molecule has 0 radical (unpaired) electrons. The molecule has 53 heavy (non-hydrogen) atoms. The van der Waals surface area contributed by atoms with Crippen molar-refractivity contribution in [3.63, 3.8) is 0 Å². The van der Waals surface area contributed by atoms with E-state index in [-0.39, 0.29) is 31.5 Å². The van der Waals surface area contributed by atoms with Gasteiger partial charge in [-0.05, 0) is 50.5 Å². The average molecular weight is 767 g/mol. The quantitative estimate of drug-likeness (QED) is 0.0158. The zero-order valence-electron chi connectivity index (χ0n) is 33.6. The van der Waals surface area contributed by atoms with Crippen molar-refractivity contribution in [2.75, 3.05) is 13.2 Å². The summed E-state index contributed by atoms with van der Waals surface area (Å²) in [5, 5.41) is 0. The van der Waals surface area contributed by atoms with Gasteiger partial charge in [-0.15, -0.1) is 0 Å². The van der Waals surface area contributed by atoms with E-state index >= 15 is 0 Å². The van der Waals surface area contributed by atoms with E-state index in [4.69, 9.17) is 19.3 Å². The van der Waals surface area contributed by atoms with Gasteiger partial charge in [-0.3, -0.25) is 18.9 Å². The number of carbonyl (C=O) groups is 3. The molecular weight excluding hydrogens is 691 g/mol. The number of esters is 2. The summed E-state index contributed by atoms with van der Waals surface area (Å²) in [4.78, 5) is 54.9. The second-order valence-corrected chi connectivity index (χ2v) is 15.7. The summed E-state index contributed by atoms with van der Waals surface area (Å²) < 4.78 is 26.2. The van der Waals surface area contributed by atoms with E-state index in [9.17, 15) is 18.9 Å². The van der Waals surface area contributed by atoms with Crippen molar-refractivity contribution < 1.29 is 42.7 Å². The van der Waals surface area contributed by atoms with Crippen molar-refractivity contribution in [1.82, 2.24) is 0 Å². The molecule has 0 aliphatic carbocycles. The third-order valence-corrected chi connectivity index (χ3v) is 9.24. The smallest absolute Gasteiger partial charge is 0.462 e. The van der Waals surface area contributed by atoms with Crippen LogP contribution in [0.2, 0.25) is 0 Å². The molecule has 0 saturated heterocycles. The van der Waals surface area contributed by atoms with Gasteiger partial charge < -0.3 is 19.3 Å². The number of phosphoric acid groups is 1. The van der Waals surface area contributed by atoms with Gasteiger partial charge in [0.2, 0.25) is 0 Å². The highest BCUT2D eigenvalue weighted by Crippen LogP contribution is 2.36. The molecule has 1 atom stereocenters. The van der Waals surface area contributed by atoms with Crippen molar-refractivity contribution in [3.05, 3.63) is 48.6 Å². The SMILES string of the molecule is CCCCC/C=C\C/C=C\C/C=C\C=C\C(=O)CCCC(=O)OC[C@H](COP(=O)(O)O)OC(=O)CCCCCCCCCCCCCCCCC(C)C. The summed E-state index contributed by atoms with van der Waals surface area (Å²) in [6, 6.07) is 0.